The molecule has 2 fully saturated rings. The maximum atomic E-state index is 13.4. The molecule has 208 valence electrons. The van der Waals surface area contributed by atoms with Gasteiger partial charge in [0.25, 0.3) is 0 Å². The molecule has 2 atom stereocenters. The fraction of sp³-hybridized carbons (Fsp3) is 0.429. The molecule has 1 aromatic carbocycles. The van der Waals surface area contributed by atoms with Crippen LogP contribution in [0.2, 0.25) is 0 Å². The minimum Gasteiger partial charge on any atom is -0.459 e. The molecule has 4 heterocycles. The van der Waals surface area contributed by atoms with Crippen molar-refractivity contribution in [3.63, 3.8) is 0 Å². The largest absolute Gasteiger partial charge is 0.459 e. The van der Waals surface area contributed by atoms with Gasteiger partial charge >= 0.3 is 5.97 Å². The number of rotatable bonds is 11. The van der Waals surface area contributed by atoms with Crippen LogP contribution in [0.1, 0.15) is 49.6 Å². The zero-order valence-corrected chi connectivity index (χ0v) is 22.1. The average molecular weight is 545 g/mol. The number of aromatic nitrogens is 6. The predicted molar refractivity (Wildman–Crippen MR) is 145 cm³/mol. The molecular weight excluding hydrogens is 512 g/mol. The molecule has 12 heteroatoms. The van der Waals surface area contributed by atoms with Gasteiger partial charge in [0.1, 0.15) is 25.2 Å². The Morgan fingerprint density at radius 3 is 2.77 bits per heavy atom. The number of amides is 1. The Morgan fingerprint density at radius 1 is 1.15 bits per heavy atom. The normalized spacial score (nSPS) is 17.9. The summed E-state index contributed by atoms with van der Waals surface area (Å²) in [5.74, 6) is -0.218. The van der Waals surface area contributed by atoms with Gasteiger partial charge < -0.3 is 24.7 Å². The first-order valence-corrected chi connectivity index (χ1v) is 13.7. The number of aromatic amines is 1. The second-order valence-electron chi connectivity index (χ2n) is 10.2. The third kappa shape index (κ3) is 5.96. The average Bonchev–Trinajstić information content (AvgIpc) is 3.52. The number of esters is 1. The van der Waals surface area contributed by atoms with Gasteiger partial charge in [0.2, 0.25) is 5.91 Å². The highest BCUT2D eigenvalue weighted by Gasteiger charge is 2.34. The lowest BCUT2D eigenvalue weighted by atomic mass is 10.1. The Kier molecular flexibility index (Phi) is 7.67. The lowest BCUT2D eigenvalue weighted by Gasteiger charge is -2.25. The zero-order chi connectivity index (χ0) is 27.3. The standard InChI is InChI=1S/C28H32N8O4/c37-23(34-22(12-20-13-29-16-30-20)28(38)40-15-19-6-2-1-3-7-19)14-35(21-9-10-21)26-25-27(32-17-31-26)36(18-33-25)24-8-4-5-11-39-24/h1-3,6-7,13,16-18,21-22,24H,4-5,8-12,14-15H2,(H,29,30)(H,34,37)/t22-,24?/m0/s1. The minimum atomic E-state index is -0.884. The smallest absolute Gasteiger partial charge is 0.329 e. The molecule has 0 radical (unpaired) electrons. The Labute approximate surface area is 231 Å². The van der Waals surface area contributed by atoms with Crippen molar-refractivity contribution >= 4 is 28.9 Å². The highest BCUT2D eigenvalue weighted by molar-refractivity contribution is 5.90. The third-order valence-corrected chi connectivity index (χ3v) is 7.20. The van der Waals surface area contributed by atoms with E-state index in [9.17, 15) is 9.59 Å². The summed E-state index contributed by atoms with van der Waals surface area (Å²) in [6, 6.07) is 8.71. The predicted octanol–water partition coefficient (Wildman–Crippen LogP) is 2.69. The number of fused-ring (bicyclic) bond motifs is 1. The van der Waals surface area contributed by atoms with E-state index < -0.39 is 12.0 Å². The maximum absolute atomic E-state index is 13.4. The molecule has 12 nitrogen and oxygen atoms in total. The van der Waals surface area contributed by atoms with Crippen molar-refractivity contribution in [1.82, 2.24) is 34.8 Å². The van der Waals surface area contributed by atoms with Gasteiger partial charge in [-0.1, -0.05) is 30.3 Å². The Hall–Kier alpha value is -4.32. The number of hydrogen-bond acceptors (Lipinski definition) is 9. The molecule has 2 aliphatic rings. The molecule has 3 aromatic heterocycles. The summed E-state index contributed by atoms with van der Waals surface area (Å²) in [5, 5.41) is 2.89. The summed E-state index contributed by atoms with van der Waals surface area (Å²) >= 11 is 0. The summed E-state index contributed by atoms with van der Waals surface area (Å²) in [5.41, 5.74) is 2.90. The molecule has 0 spiro atoms. The van der Waals surface area contributed by atoms with E-state index in [0.29, 0.717) is 29.3 Å². The number of H-pyrrole nitrogens is 1. The summed E-state index contributed by atoms with van der Waals surface area (Å²) in [4.78, 5) is 49.1. The van der Waals surface area contributed by atoms with Crippen LogP contribution < -0.4 is 10.2 Å². The quantitative estimate of drug-likeness (QED) is 0.273. The summed E-state index contributed by atoms with van der Waals surface area (Å²) in [6.45, 7) is 0.856. The number of anilines is 1. The van der Waals surface area contributed by atoms with E-state index in [1.807, 2.05) is 39.8 Å². The SMILES string of the molecule is O=C(CN(c1ncnc2c1ncn2C1CCCCO1)C1CC1)N[C@@H](Cc1cnc[nH]1)C(=O)OCc1ccccc1. The van der Waals surface area contributed by atoms with Gasteiger partial charge in [-0.3, -0.25) is 9.36 Å². The highest BCUT2D eigenvalue weighted by atomic mass is 16.5. The van der Waals surface area contributed by atoms with Crippen LogP contribution in [-0.4, -0.2) is 66.6 Å². The van der Waals surface area contributed by atoms with Crippen LogP contribution in [0.25, 0.3) is 11.2 Å². The molecule has 1 amide bonds. The number of carbonyl (C=O) groups is 2. The number of benzene rings is 1. The van der Waals surface area contributed by atoms with E-state index >= 15 is 0 Å². The molecule has 6 rings (SSSR count). The highest BCUT2D eigenvalue weighted by Crippen LogP contribution is 2.34. The Bertz CT molecular complexity index is 1430. The number of nitrogens with one attached hydrogen (secondary N) is 2. The Morgan fingerprint density at radius 2 is 2.02 bits per heavy atom. The van der Waals surface area contributed by atoms with Crippen molar-refractivity contribution in [3.8, 4) is 0 Å². The summed E-state index contributed by atoms with van der Waals surface area (Å²) in [6.07, 6.45) is 11.5. The molecule has 40 heavy (non-hydrogen) atoms. The van der Waals surface area contributed by atoms with Crippen molar-refractivity contribution in [3.05, 3.63) is 66.8 Å². The van der Waals surface area contributed by atoms with E-state index in [-0.39, 0.29) is 37.7 Å². The van der Waals surface area contributed by atoms with Gasteiger partial charge in [0.15, 0.2) is 17.0 Å². The van der Waals surface area contributed by atoms with Gasteiger partial charge in [0, 0.05) is 31.0 Å². The van der Waals surface area contributed by atoms with Crippen LogP contribution in [0.5, 0.6) is 0 Å². The van der Waals surface area contributed by atoms with E-state index in [2.05, 4.69) is 30.2 Å². The van der Waals surface area contributed by atoms with Crippen LogP contribution in [0.4, 0.5) is 5.82 Å². The van der Waals surface area contributed by atoms with Crippen molar-refractivity contribution in [2.24, 2.45) is 0 Å². The molecule has 4 aromatic rings. The van der Waals surface area contributed by atoms with Crippen LogP contribution in [0.15, 0.2) is 55.5 Å². The monoisotopic (exact) mass is 544 g/mol. The molecule has 1 unspecified atom stereocenters. The molecule has 2 N–H and O–H groups in total. The third-order valence-electron chi connectivity index (χ3n) is 7.20. The first-order chi connectivity index (χ1) is 19.7. The van der Waals surface area contributed by atoms with Crippen molar-refractivity contribution < 1.29 is 19.1 Å². The van der Waals surface area contributed by atoms with Gasteiger partial charge in [-0.05, 0) is 37.7 Å². The first-order valence-electron chi connectivity index (χ1n) is 13.7. The number of ether oxygens (including phenoxy) is 2. The fourth-order valence-corrected chi connectivity index (χ4v) is 5.00. The van der Waals surface area contributed by atoms with Crippen LogP contribution in [0, 0.1) is 0 Å². The molecule has 1 aliphatic heterocycles. The van der Waals surface area contributed by atoms with Crippen LogP contribution in [0.3, 0.4) is 0 Å². The van der Waals surface area contributed by atoms with E-state index in [1.54, 1.807) is 12.5 Å². The first kappa shape index (κ1) is 25.9. The number of carbonyl (C=O) groups excluding carboxylic acids is 2. The van der Waals surface area contributed by atoms with E-state index in [1.165, 1.54) is 12.7 Å². The van der Waals surface area contributed by atoms with Gasteiger partial charge in [-0.15, -0.1) is 0 Å². The molecule has 1 aliphatic carbocycles. The lowest BCUT2D eigenvalue weighted by molar-refractivity contribution is -0.149. The molecule has 1 saturated heterocycles. The van der Waals surface area contributed by atoms with E-state index in [4.69, 9.17) is 9.47 Å². The van der Waals surface area contributed by atoms with Gasteiger partial charge in [-0.25, -0.2) is 24.7 Å². The van der Waals surface area contributed by atoms with Gasteiger partial charge in [0.05, 0.1) is 19.2 Å². The topological polar surface area (TPSA) is 140 Å². The van der Waals surface area contributed by atoms with Crippen molar-refractivity contribution in [2.45, 2.75) is 63.4 Å². The van der Waals surface area contributed by atoms with Gasteiger partial charge in [-0.2, -0.15) is 0 Å². The fourth-order valence-electron chi connectivity index (χ4n) is 5.00. The number of imidazole rings is 2. The van der Waals surface area contributed by atoms with Crippen LogP contribution >= 0.6 is 0 Å². The maximum Gasteiger partial charge on any atom is 0.329 e. The Balaban J connectivity index is 1.18. The summed E-state index contributed by atoms with van der Waals surface area (Å²) < 4.78 is 13.5. The number of hydrogen-bond donors (Lipinski definition) is 2. The van der Waals surface area contributed by atoms with Crippen molar-refractivity contribution in [1.29, 1.82) is 0 Å². The summed E-state index contributed by atoms with van der Waals surface area (Å²) in [7, 11) is 0. The van der Waals surface area contributed by atoms with Crippen molar-refractivity contribution in [2.75, 3.05) is 18.1 Å². The molecular formula is C28H32N8O4. The lowest BCUT2D eigenvalue weighted by Crippen LogP contribution is -2.48. The zero-order valence-electron chi connectivity index (χ0n) is 22.1. The minimum absolute atomic E-state index is 0.0228. The van der Waals surface area contributed by atoms with E-state index in [0.717, 1.165) is 37.7 Å². The molecule has 1 saturated carbocycles. The second-order valence-corrected chi connectivity index (χ2v) is 10.2. The van der Waals surface area contributed by atoms with Crippen LogP contribution in [-0.2, 0) is 32.1 Å². The molecule has 0 bridgehead atoms. The second kappa shape index (κ2) is 11.8. The number of nitrogens with zero attached hydrogens (tertiary/aromatic N) is 6.